The first-order valence-electron chi connectivity index (χ1n) is 5.18. The van der Waals surface area contributed by atoms with Gasteiger partial charge in [-0.3, -0.25) is 4.79 Å². The number of carbonyl (C=O) groups excluding carboxylic acids is 2. The summed E-state index contributed by atoms with van der Waals surface area (Å²) in [6.45, 7) is -1.27. The second kappa shape index (κ2) is 7.62. The van der Waals surface area contributed by atoms with Crippen molar-refractivity contribution in [2.45, 2.75) is 13.3 Å². The molecule has 0 saturated carbocycles. The van der Waals surface area contributed by atoms with Gasteiger partial charge in [-0.05, 0) is 6.42 Å². The summed E-state index contributed by atoms with van der Waals surface area (Å²) in [6, 6.07) is 0. The minimum Gasteiger partial charge on any atom is -0.479 e. The summed E-state index contributed by atoms with van der Waals surface area (Å²) >= 11 is 0. The number of aliphatic hydroxyl groups is 2. The minimum atomic E-state index is -1.47. The standard InChI is InChI=1S/C10H16O8/c1-2-10(5-11,6-12)9(16)18-4-8(15)17-3-7(13)14/h11-12H,2-6H2,1H3,(H,13,14). The van der Waals surface area contributed by atoms with Crippen LogP contribution in [0.25, 0.3) is 0 Å². The maximum absolute atomic E-state index is 11.5. The number of rotatable bonds is 8. The summed E-state index contributed by atoms with van der Waals surface area (Å²) in [5.41, 5.74) is -1.47. The Morgan fingerprint density at radius 2 is 1.61 bits per heavy atom. The van der Waals surface area contributed by atoms with Gasteiger partial charge in [0.25, 0.3) is 0 Å². The molecule has 3 N–H and O–H groups in total. The molecule has 0 fully saturated rings. The number of hydrogen-bond donors (Lipinski definition) is 3. The average Bonchev–Trinajstić information content (AvgIpc) is 2.36. The predicted molar refractivity (Wildman–Crippen MR) is 56.4 cm³/mol. The van der Waals surface area contributed by atoms with Gasteiger partial charge in [-0.15, -0.1) is 0 Å². The number of aliphatic carboxylic acids is 1. The van der Waals surface area contributed by atoms with E-state index in [9.17, 15) is 14.4 Å². The van der Waals surface area contributed by atoms with E-state index >= 15 is 0 Å². The summed E-state index contributed by atoms with van der Waals surface area (Å²) in [6.07, 6.45) is 0.128. The van der Waals surface area contributed by atoms with Gasteiger partial charge in [-0.2, -0.15) is 0 Å². The topological polar surface area (TPSA) is 130 Å². The largest absolute Gasteiger partial charge is 0.479 e. The van der Waals surface area contributed by atoms with Crippen molar-refractivity contribution in [3.8, 4) is 0 Å². The summed E-state index contributed by atoms with van der Waals surface area (Å²) < 4.78 is 8.77. The van der Waals surface area contributed by atoms with Gasteiger partial charge >= 0.3 is 17.9 Å². The van der Waals surface area contributed by atoms with Gasteiger partial charge in [0.05, 0.1) is 13.2 Å². The van der Waals surface area contributed by atoms with Gasteiger partial charge in [0.15, 0.2) is 13.2 Å². The van der Waals surface area contributed by atoms with Crippen molar-refractivity contribution in [3.63, 3.8) is 0 Å². The number of aliphatic hydroxyl groups excluding tert-OH is 2. The third-order valence-electron chi connectivity index (χ3n) is 2.39. The number of esters is 2. The second-order valence-electron chi connectivity index (χ2n) is 3.58. The van der Waals surface area contributed by atoms with Crippen LogP contribution < -0.4 is 0 Å². The minimum absolute atomic E-state index is 0.128. The van der Waals surface area contributed by atoms with E-state index in [0.29, 0.717) is 0 Å². The Bertz CT molecular complexity index is 299. The Balaban J connectivity index is 4.24. The molecular weight excluding hydrogens is 248 g/mol. The number of ether oxygens (including phenoxy) is 2. The second-order valence-corrected chi connectivity index (χ2v) is 3.58. The van der Waals surface area contributed by atoms with Crippen LogP contribution in [0.5, 0.6) is 0 Å². The normalized spacial score (nSPS) is 10.8. The number of carboxylic acids is 1. The number of carbonyl (C=O) groups is 3. The van der Waals surface area contributed by atoms with Crippen LogP contribution in [0.2, 0.25) is 0 Å². The molecule has 0 amide bonds. The molecule has 8 heteroatoms. The van der Waals surface area contributed by atoms with E-state index in [0.717, 1.165) is 0 Å². The molecule has 0 aromatic rings. The van der Waals surface area contributed by atoms with Crippen LogP contribution in [0.4, 0.5) is 0 Å². The molecule has 8 nitrogen and oxygen atoms in total. The lowest BCUT2D eigenvalue weighted by Crippen LogP contribution is -2.40. The van der Waals surface area contributed by atoms with Crippen LogP contribution in [0, 0.1) is 5.41 Å². The van der Waals surface area contributed by atoms with E-state index in [1.807, 2.05) is 0 Å². The molecule has 104 valence electrons. The monoisotopic (exact) mass is 264 g/mol. The van der Waals surface area contributed by atoms with Crippen LogP contribution in [0.15, 0.2) is 0 Å². The van der Waals surface area contributed by atoms with E-state index in [4.69, 9.17) is 15.3 Å². The first-order chi connectivity index (χ1) is 8.41. The smallest absolute Gasteiger partial charge is 0.344 e. The van der Waals surface area contributed by atoms with Crippen LogP contribution >= 0.6 is 0 Å². The van der Waals surface area contributed by atoms with Crippen LogP contribution in [-0.4, -0.2) is 59.7 Å². The highest BCUT2D eigenvalue weighted by atomic mass is 16.6. The fraction of sp³-hybridized carbons (Fsp3) is 0.700. The highest BCUT2D eigenvalue weighted by molar-refractivity contribution is 5.81. The molecule has 0 aliphatic rings. The predicted octanol–water partition coefficient (Wildman–Crippen LogP) is -1.46. The van der Waals surface area contributed by atoms with Crippen molar-refractivity contribution in [1.82, 2.24) is 0 Å². The first kappa shape index (κ1) is 16.3. The van der Waals surface area contributed by atoms with Gasteiger partial charge in [0, 0.05) is 0 Å². The molecule has 0 saturated heterocycles. The van der Waals surface area contributed by atoms with Gasteiger partial charge < -0.3 is 24.8 Å². The van der Waals surface area contributed by atoms with Crippen molar-refractivity contribution < 1.29 is 39.2 Å². The van der Waals surface area contributed by atoms with Crippen molar-refractivity contribution in [2.75, 3.05) is 26.4 Å². The fourth-order valence-corrected chi connectivity index (χ4v) is 1.01. The molecule has 0 radical (unpaired) electrons. The average molecular weight is 264 g/mol. The highest BCUT2D eigenvalue weighted by Crippen LogP contribution is 2.22. The molecule has 0 aliphatic heterocycles. The number of hydrogen-bond acceptors (Lipinski definition) is 7. The Morgan fingerprint density at radius 3 is 2.00 bits per heavy atom. The van der Waals surface area contributed by atoms with E-state index < -0.39 is 49.8 Å². The summed E-state index contributed by atoms with van der Waals surface area (Å²) in [7, 11) is 0. The van der Waals surface area contributed by atoms with Crippen molar-refractivity contribution >= 4 is 17.9 Å². The number of carboxylic acid groups (broad SMARTS) is 1. The molecule has 0 aromatic carbocycles. The van der Waals surface area contributed by atoms with Crippen LogP contribution in [-0.2, 0) is 23.9 Å². The van der Waals surface area contributed by atoms with E-state index in [2.05, 4.69) is 9.47 Å². The highest BCUT2D eigenvalue weighted by Gasteiger charge is 2.37. The zero-order valence-corrected chi connectivity index (χ0v) is 9.92. The SMILES string of the molecule is CCC(CO)(CO)C(=O)OCC(=O)OCC(=O)O. The Hall–Kier alpha value is -1.67. The molecule has 0 spiro atoms. The quantitative estimate of drug-likeness (QED) is 0.453. The zero-order valence-electron chi connectivity index (χ0n) is 9.92. The molecule has 0 unspecified atom stereocenters. The van der Waals surface area contributed by atoms with Crippen LogP contribution in [0.1, 0.15) is 13.3 Å². The van der Waals surface area contributed by atoms with E-state index in [1.165, 1.54) is 0 Å². The molecule has 0 atom stereocenters. The summed E-state index contributed by atoms with van der Waals surface area (Å²) in [5, 5.41) is 26.3. The molecule has 0 bridgehead atoms. The van der Waals surface area contributed by atoms with Crippen molar-refractivity contribution in [2.24, 2.45) is 5.41 Å². The molecular formula is C10H16O8. The van der Waals surface area contributed by atoms with Crippen molar-refractivity contribution in [3.05, 3.63) is 0 Å². The Labute approximate surface area is 103 Å². The van der Waals surface area contributed by atoms with E-state index in [-0.39, 0.29) is 6.42 Å². The molecule has 0 aliphatic carbocycles. The third-order valence-corrected chi connectivity index (χ3v) is 2.39. The zero-order chi connectivity index (χ0) is 14.2. The van der Waals surface area contributed by atoms with Gasteiger partial charge in [-0.25, -0.2) is 9.59 Å². The maximum Gasteiger partial charge on any atom is 0.344 e. The fourth-order valence-electron chi connectivity index (χ4n) is 1.01. The van der Waals surface area contributed by atoms with Gasteiger partial charge in [0.2, 0.25) is 0 Å². The third kappa shape index (κ3) is 4.68. The van der Waals surface area contributed by atoms with Gasteiger partial charge in [-0.1, -0.05) is 6.92 Å². The lowest BCUT2D eigenvalue weighted by Gasteiger charge is -2.25. The molecule has 0 rings (SSSR count). The lowest BCUT2D eigenvalue weighted by atomic mass is 9.87. The lowest BCUT2D eigenvalue weighted by molar-refractivity contribution is -0.171. The summed E-state index contributed by atoms with van der Waals surface area (Å²) in [4.78, 5) is 32.6. The Kier molecular flexibility index (Phi) is 6.91. The van der Waals surface area contributed by atoms with Crippen LogP contribution in [0.3, 0.4) is 0 Å². The first-order valence-corrected chi connectivity index (χ1v) is 5.18. The van der Waals surface area contributed by atoms with E-state index in [1.54, 1.807) is 6.92 Å². The van der Waals surface area contributed by atoms with Gasteiger partial charge in [0.1, 0.15) is 5.41 Å². The molecule has 0 aromatic heterocycles. The Morgan fingerprint density at radius 1 is 1.06 bits per heavy atom. The molecule has 18 heavy (non-hydrogen) atoms. The summed E-state index contributed by atoms with van der Waals surface area (Å²) in [5.74, 6) is -3.29. The molecule has 0 heterocycles. The van der Waals surface area contributed by atoms with Crippen molar-refractivity contribution in [1.29, 1.82) is 0 Å². The maximum atomic E-state index is 11.5.